The van der Waals surface area contributed by atoms with Crippen molar-refractivity contribution in [1.29, 1.82) is 0 Å². The van der Waals surface area contributed by atoms with Crippen LogP contribution in [0.15, 0.2) is 64.1 Å². The molecule has 6 heteroatoms. The Kier molecular flexibility index (Phi) is 3.61. The van der Waals surface area contributed by atoms with Crippen LogP contribution >= 0.6 is 11.5 Å². The van der Waals surface area contributed by atoms with E-state index in [4.69, 9.17) is 0 Å². The van der Waals surface area contributed by atoms with Crippen molar-refractivity contribution in [2.45, 2.75) is 0 Å². The first-order valence-electron chi connectivity index (χ1n) is 6.18. The molecule has 21 heavy (non-hydrogen) atoms. The summed E-state index contributed by atoms with van der Waals surface area (Å²) < 4.78 is 4.24. The minimum Gasteiger partial charge on any atom is -0.506 e. The maximum atomic E-state index is 10.00. The van der Waals surface area contributed by atoms with E-state index in [-0.39, 0.29) is 11.5 Å². The third-order valence-corrected chi connectivity index (χ3v) is 3.43. The van der Waals surface area contributed by atoms with Gasteiger partial charge in [0, 0.05) is 10.9 Å². The third-order valence-electron chi connectivity index (χ3n) is 2.87. The highest BCUT2D eigenvalue weighted by Gasteiger charge is 2.11. The average Bonchev–Trinajstić information content (AvgIpc) is 3.01. The largest absolute Gasteiger partial charge is 0.506 e. The van der Waals surface area contributed by atoms with E-state index in [0.717, 1.165) is 5.69 Å². The number of aromatic nitrogens is 1. The van der Waals surface area contributed by atoms with Gasteiger partial charge in [0.25, 0.3) is 0 Å². The van der Waals surface area contributed by atoms with E-state index in [0.29, 0.717) is 16.9 Å². The summed E-state index contributed by atoms with van der Waals surface area (Å²) in [5, 5.41) is 29.6. The fourth-order valence-corrected chi connectivity index (χ4v) is 2.37. The molecule has 0 amide bonds. The monoisotopic (exact) mass is 297 g/mol. The number of rotatable bonds is 3. The second-order valence-corrected chi connectivity index (χ2v) is 4.91. The Morgan fingerprint density at radius 3 is 2.43 bits per heavy atom. The SMILES string of the molecule is Oc1ccccc1N=Nc1c(O)cccc1-c1ccsn1. The van der Waals surface area contributed by atoms with Crippen LogP contribution in [0.2, 0.25) is 0 Å². The van der Waals surface area contributed by atoms with Gasteiger partial charge in [-0.25, -0.2) is 0 Å². The molecule has 0 saturated carbocycles. The van der Waals surface area contributed by atoms with Gasteiger partial charge >= 0.3 is 0 Å². The summed E-state index contributed by atoms with van der Waals surface area (Å²) in [6, 6.07) is 13.5. The molecule has 2 N–H and O–H groups in total. The first kappa shape index (κ1) is 13.3. The van der Waals surface area contributed by atoms with E-state index in [1.54, 1.807) is 24.3 Å². The van der Waals surface area contributed by atoms with Gasteiger partial charge in [-0.1, -0.05) is 24.3 Å². The van der Waals surface area contributed by atoms with Crippen molar-refractivity contribution in [2.75, 3.05) is 0 Å². The molecule has 3 rings (SSSR count). The van der Waals surface area contributed by atoms with Gasteiger partial charge in [-0.05, 0) is 35.8 Å². The van der Waals surface area contributed by atoms with Gasteiger partial charge in [0.15, 0.2) is 0 Å². The van der Waals surface area contributed by atoms with Crippen molar-refractivity contribution in [3.63, 3.8) is 0 Å². The lowest BCUT2D eigenvalue weighted by Crippen LogP contribution is -1.79. The number of nitrogens with zero attached hydrogens (tertiary/aromatic N) is 3. The van der Waals surface area contributed by atoms with Crippen LogP contribution in [0.25, 0.3) is 11.3 Å². The summed E-state index contributed by atoms with van der Waals surface area (Å²) >= 11 is 1.32. The lowest BCUT2D eigenvalue weighted by atomic mass is 10.1. The highest BCUT2D eigenvalue weighted by Crippen LogP contribution is 2.38. The number of hydrogen-bond donors (Lipinski definition) is 2. The van der Waals surface area contributed by atoms with Crippen LogP contribution in [-0.2, 0) is 0 Å². The van der Waals surface area contributed by atoms with E-state index >= 15 is 0 Å². The predicted molar refractivity (Wildman–Crippen MR) is 81.5 cm³/mol. The number of azo groups is 1. The van der Waals surface area contributed by atoms with E-state index in [1.165, 1.54) is 23.7 Å². The van der Waals surface area contributed by atoms with Crippen molar-refractivity contribution in [1.82, 2.24) is 4.37 Å². The van der Waals surface area contributed by atoms with Crippen LogP contribution in [0.4, 0.5) is 11.4 Å². The van der Waals surface area contributed by atoms with Crippen LogP contribution < -0.4 is 0 Å². The quantitative estimate of drug-likeness (QED) is 0.691. The van der Waals surface area contributed by atoms with E-state index in [2.05, 4.69) is 14.6 Å². The van der Waals surface area contributed by atoms with Crippen LogP contribution in [0.3, 0.4) is 0 Å². The summed E-state index contributed by atoms with van der Waals surface area (Å²) in [6.07, 6.45) is 0. The molecule has 0 aliphatic heterocycles. The summed E-state index contributed by atoms with van der Waals surface area (Å²) in [5.74, 6) is 0.0477. The Morgan fingerprint density at radius 2 is 1.67 bits per heavy atom. The van der Waals surface area contributed by atoms with E-state index in [1.807, 2.05) is 17.5 Å². The maximum absolute atomic E-state index is 10.00. The molecule has 1 heterocycles. The lowest BCUT2D eigenvalue weighted by Gasteiger charge is -2.04. The van der Waals surface area contributed by atoms with E-state index in [9.17, 15) is 10.2 Å². The standard InChI is InChI=1S/C15H11N3O2S/c19-13-6-2-1-5-12(13)16-17-15-10(4-3-7-14(15)20)11-8-9-21-18-11/h1-9,19-20H. The Balaban J connectivity index is 2.05. The molecular weight excluding hydrogens is 286 g/mol. The Labute approximate surface area is 125 Å². The first-order valence-corrected chi connectivity index (χ1v) is 7.02. The maximum Gasteiger partial charge on any atom is 0.143 e. The van der Waals surface area contributed by atoms with Crippen LogP contribution in [0, 0.1) is 0 Å². The molecule has 0 aliphatic rings. The molecule has 0 unspecified atom stereocenters. The van der Waals surface area contributed by atoms with Crippen molar-refractivity contribution >= 4 is 22.9 Å². The normalized spacial score (nSPS) is 11.0. The van der Waals surface area contributed by atoms with Crippen LogP contribution in [0.1, 0.15) is 0 Å². The zero-order chi connectivity index (χ0) is 14.7. The van der Waals surface area contributed by atoms with Crippen molar-refractivity contribution < 1.29 is 10.2 Å². The van der Waals surface area contributed by atoms with Gasteiger partial charge in [-0.2, -0.15) is 4.37 Å². The third kappa shape index (κ3) is 2.75. The number of phenolic OH excluding ortho intramolecular Hbond substituents is 2. The number of aromatic hydroxyl groups is 2. The fourth-order valence-electron chi connectivity index (χ4n) is 1.85. The van der Waals surface area contributed by atoms with Crippen LogP contribution in [0.5, 0.6) is 11.5 Å². The molecule has 0 fully saturated rings. The number of phenols is 2. The second kappa shape index (κ2) is 5.72. The Hall–Kier alpha value is -2.73. The molecule has 0 spiro atoms. The molecule has 0 radical (unpaired) electrons. The van der Waals surface area contributed by atoms with Crippen molar-refractivity contribution in [3.05, 3.63) is 53.9 Å². The summed E-state index contributed by atoms with van der Waals surface area (Å²) in [4.78, 5) is 0. The van der Waals surface area contributed by atoms with Gasteiger partial charge in [-0.15, -0.1) is 10.2 Å². The predicted octanol–water partition coefficient (Wildman–Crippen LogP) is 4.64. The fraction of sp³-hybridized carbons (Fsp3) is 0. The second-order valence-electron chi connectivity index (χ2n) is 4.25. The number of para-hydroxylation sites is 1. The van der Waals surface area contributed by atoms with Gasteiger partial charge in [0.05, 0.1) is 5.69 Å². The molecule has 0 saturated heterocycles. The van der Waals surface area contributed by atoms with Crippen molar-refractivity contribution in [3.8, 4) is 22.8 Å². The Bertz CT molecular complexity index is 785. The molecule has 5 nitrogen and oxygen atoms in total. The molecule has 1 aromatic heterocycles. The lowest BCUT2D eigenvalue weighted by molar-refractivity contribution is 0.474. The highest BCUT2D eigenvalue weighted by atomic mass is 32.1. The van der Waals surface area contributed by atoms with E-state index < -0.39 is 0 Å². The number of benzene rings is 2. The zero-order valence-corrected chi connectivity index (χ0v) is 11.7. The van der Waals surface area contributed by atoms with Gasteiger partial charge in [0.2, 0.25) is 0 Å². The van der Waals surface area contributed by atoms with Gasteiger partial charge in [0.1, 0.15) is 22.9 Å². The van der Waals surface area contributed by atoms with Gasteiger partial charge < -0.3 is 10.2 Å². The molecule has 0 atom stereocenters. The Morgan fingerprint density at radius 1 is 0.857 bits per heavy atom. The van der Waals surface area contributed by atoms with Crippen LogP contribution in [-0.4, -0.2) is 14.6 Å². The zero-order valence-electron chi connectivity index (χ0n) is 10.8. The molecule has 3 aromatic rings. The summed E-state index contributed by atoms with van der Waals surface area (Å²) in [7, 11) is 0. The molecule has 2 aromatic carbocycles. The topological polar surface area (TPSA) is 78.1 Å². The minimum atomic E-state index is 0.0136. The average molecular weight is 297 g/mol. The molecule has 0 aliphatic carbocycles. The number of hydrogen-bond acceptors (Lipinski definition) is 6. The molecule has 0 bridgehead atoms. The highest BCUT2D eigenvalue weighted by molar-refractivity contribution is 7.03. The van der Waals surface area contributed by atoms with Crippen molar-refractivity contribution in [2.24, 2.45) is 10.2 Å². The molecular formula is C15H11N3O2S. The minimum absolute atomic E-state index is 0.0136. The summed E-state index contributed by atoms with van der Waals surface area (Å²) in [5.41, 5.74) is 2.08. The van der Waals surface area contributed by atoms with Gasteiger partial charge in [-0.3, -0.25) is 0 Å². The first-order chi connectivity index (χ1) is 10.3. The molecule has 104 valence electrons. The summed E-state index contributed by atoms with van der Waals surface area (Å²) in [6.45, 7) is 0. The smallest absolute Gasteiger partial charge is 0.143 e.